The Kier molecular flexibility index (Phi) is 12.4. The SMILES string of the molecule is CCCCCCCCCCCC[C@H](O)/C=C\C[C@@H](O)[C@H]1COC(C)(C)O1. The molecule has 2 N–H and O–H groups in total. The number of ether oxygens (including phenoxy) is 2. The molecule has 0 amide bonds. The van der Waals surface area contributed by atoms with E-state index < -0.39 is 18.0 Å². The highest BCUT2D eigenvalue weighted by Gasteiger charge is 2.36. The van der Waals surface area contributed by atoms with Crippen molar-refractivity contribution in [2.24, 2.45) is 0 Å². The summed E-state index contributed by atoms with van der Waals surface area (Å²) in [7, 11) is 0. The van der Waals surface area contributed by atoms with Crippen LogP contribution in [0.5, 0.6) is 0 Å². The van der Waals surface area contributed by atoms with Crippen molar-refractivity contribution in [3.8, 4) is 0 Å². The fourth-order valence-electron chi connectivity index (χ4n) is 3.37. The molecule has 0 bridgehead atoms. The maximum atomic E-state index is 10.1. The third-order valence-corrected chi connectivity index (χ3v) is 5.05. The van der Waals surface area contributed by atoms with Crippen LogP contribution < -0.4 is 0 Å². The van der Waals surface area contributed by atoms with Crippen molar-refractivity contribution in [1.82, 2.24) is 0 Å². The van der Waals surface area contributed by atoms with Crippen LogP contribution in [0.2, 0.25) is 0 Å². The molecule has 4 nitrogen and oxygen atoms in total. The Hall–Kier alpha value is -0.420. The Balaban J connectivity index is 1.96. The molecule has 1 fully saturated rings. The minimum absolute atomic E-state index is 0.284. The van der Waals surface area contributed by atoms with Crippen LogP contribution in [-0.4, -0.2) is 40.9 Å². The molecule has 1 saturated heterocycles. The van der Waals surface area contributed by atoms with Crippen molar-refractivity contribution in [3.05, 3.63) is 12.2 Å². The Labute approximate surface area is 161 Å². The van der Waals surface area contributed by atoms with Gasteiger partial charge in [0.2, 0.25) is 0 Å². The number of rotatable bonds is 15. The average Bonchev–Trinajstić information content (AvgIpc) is 2.96. The lowest BCUT2D eigenvalue weighted by Gasteiger charge is -2.19. The summed E-state index contributed by atoms with van der Waals surface area (Å²) in [6.45, 7) is 6.38. The standard InChI is InChI=1S/C22H42O4/c1-4-5-6-7-8-9-10-11-12-13-15-19(23)16-14-17-20(24)21-18-25-22(2,3)26-21/h14,16,19-21,23-24H,4-13,15,17-18H2,1-3H3/b16-14-/t19-,20+,21+/m0/s1. The molecule has 1 heterocycles. The van der Waals surface area contributed by atoms with Crippen molar-refractivity contribution in [2.45, 2.75) is 122 Å². The predicted octanol–water partition coefficient (Wildman–Crippen LogP) is 5.12. The van der Waals surface area contributed by atoms with E-state index in [4.69, 9.17) is 9.47 Å². The molecule has 0 unspecified atom stereocenters. The summed E-state index contributed by atoms with van der Waals surface area (Å²) in [6.07, 6.45) is 16.7. The van der Waals surface area contributed by atoms with Gasteiger partial charge in [-0.2, -0.15) is 0 Å². The maximum absolute atomic E-state index is 10.1. The number of unbranched alkanes of at least 4 members (excludes halogenated alkanes) is 9. The van der Waals surface area contributed by atoms with Crippen molar-refractivity contribution >= 4 is 0 Å². The van der Waals surface area contributed by atoms with Gasteiger partial charge in [0.25, 0.3) is 0 Å². The molecule has 0 spiro atoms. The van der Waals surface area contributed by atoms with Gasteiger partial charge in [0.15, 0.2) is 5.79 Å². The van der Waals surface area contributed by atoms with Crippen LogP contribution >= 0.6 is 0 Å². The van der Waals surface area contributed by atoms with Gasteiger partial charge in [0.1, 0.15) is 6.10 Å². The average molecular weight is 371 g/mol. The van der Waals surface area contributed by atoms with Gasteiger partial charge in [-0.1, -0.05) is 83.3 Å². The van der Waals surface area contributed by atoms with E-state index >= 15 is 0 Å². The molecule has 1 rings (SSSR count). The van der Waals surface area contributed by atoms with Crippen molar-refractivity contribution in [2.75, 3.05) is 6.61 Å². The lowest BCUT2D eigenvalue weighted by atomic mass is 10.0. The largest absolute Gasteiger partial charge is 0.390 e. The van der Waals surface area contributed by atoms with Gasteiger partial charge in [-0.25, -0.2) is 0 Å². The molecular formula is C22H42O4. The fourth-order valence-corrected chi connectivity index (χ4v) is 3.37. The second-order valence-electron chi connectivity index (χ2n) is 8.14. The molecule has 4 heteroatoms. The van der Waals surface area contributed by atoms with Gasteiger partial charge >= 0.3 is 0 Å². The van der Waals surface area contributed by atoms with Gasteiger partial charge in [-0.15, -0.1) is 0 Å². The van der Waals surface area contributed by atoms with E-state index in [1.54, 1.807) is 6.08 Å². The van der Waals surface area contributed by atoms with E-state index in [0.717, 1.165) is 12.8 Å². The molecule has 0 aromatic heterocycles. The summed E-state index contributed by atoms with van der Waals surface area (Å²) in [5, 5.41) is 20.1. The minimum atomic E-state index is -0.607. The summed E-state index contributed by atoms with van der Waals surface area (Å²) in [6, 6.07) is 0. The highest BCUT2D eigenvalue weighted by Crippen LogP contribution is 2.25. The van der Waals surface area contributed by atoms with Crippen molar-refractivity contribution in [1.29, 1.82) is 0 Å². The number of aliphatic hydroxyl groups excluding tert-OH is 2. The summed E-state index contributed by atoms with van der Waals surface area (Å²) in [5.41, 5.74) is 0. The van der Waals surface area contributed by atoms with Crippen LogP contribution in [0.4, 0.5) is 0 Å². The van der Waals surface area contributed by atoms with Gasteiger partial charge in [-0.05, 0) is 26.7 Å². The van der Waals surface area contributed by atoms with E-state index in [1.807, 2.05) is 19.9 Å². The molecule has 154 valence electrons. The fraction of sp³-hybridized carbons (Fsp3) is 0.909. The third-order valence-electron chi connectivity index (χ3n) is 5.05. The van der Waals surface area contributed by atoms with Crippen LogP contribution in [0, 0.1) is 0 Å². The monoisotopic (exact) mass is 370 g/mol. The highest BCUT2D eigenvalue weighted by atomic mass is 16.7. The summed E-state index contributed by atoms with van der Waals surface area (Å²) >= 11 is 0. The van der Waals surface area contributed by atoms with Crippen LogP contribution in [0.15, 0.2) is 12.2 Å². The number of hydrogen-bond acceptors (Lipinski definition) is 4. The predicted molar refractivity (Wildman–Crippen MR) is 107 cm³/mol. The Morgan fingerprint density at radius 1 is 0.962 bits per heavy atom. The van der Waals surface area contributed by atoms with Crippen molar-refractivity contribution < 1.29 is 19.7 Å². The third kappa shape index (κ3) is 11.3. The molecule has 0 aliphatic carbocycles. The zero-order valence-corrected chi connectivity index (χ0v) is 17.3. The summed E-state index contributed by atoms with van der Waals surface area (Å²) in [5.74, 6) is -0.607. The van der Waals surface area contributed by atoms with Crippen molar-refractivity contribution in [3.63, 3.8) is 0 Å². The normalized spacial score (nSPS) is 22.1. The van der Waals surface area contributed by atoms with E-state index in [0.29, 0.717) is 13.0 Å². The van der Waals surface area contributed by atoms with E-state index in [2.05, 4.69) is 6.92 Å². The molecular weight excluding hydrogens is 328 g/mol. The van der Waals surface area contributed by atoms with Gasteiger partial charge in [-0.3, -0.25) is 0 Å². The van der Waals surface area contributed by atoms with Gasteiger partial charge in [0.05, 0.1) is 18.8 Å². The summed E-state index contributed by atoms with van der Waals surface area (Å²) in [4.78, 5) is 0. The molecule has 3 atom stereocenters. The van der Waals surface area contributed by atoms with Crippen LogP contribution in [0.25, 0.3) is 0 Å². The Morgan fingerprint density at radius 3 is 2.08 bits per heavy atom. The number of hydrogen-bond donors (Lipinski definition) is 2. The molecule has 26 heavy (non-hydrogen) atoms. The first-order chi connectivity index (χ1) is 12.4. The zero-order valence-electron chi connectivity index (χ0n) is 17.3. The van der Waals surface area contributed by atoms with Crippen LogP contribution in [0.1, 0.15) is 97.8 Å². The molecule has 1 aliphatic rings. The first-order valence-corrected chi connectivity index (χ1v) is 10.8. The Morgan fingerprint density at radius 2 is 1.54 bits per heavy atom. The van der Waals surface area contributed by atoms with Gasteiger partial charge in [0, 0.05) is 0 Å². The molecule has 0 saturated carbocycles. The van der Waals surface area contributed by atoms with Crippen LogP contribution in [-0.2, 0) is 9.47 Å². The smallest absolute Gasteiger partial charge is 0.163 e. The zero-order chi connectivity index (χ0) is 19.3. The quantitative estimate of drug-likeness (QED) is 0.310. The van der Waals surface area contributed by atoms with Gasteiger partial charge < -0.3 is 19.7 Å². The Bertz CT molecular complexity index is 367. The van der Waals surface area contributed by atoms with E-state index in [-0.39, 0.29) is 6.10 Å². The van der Waals surface area contributed by atoms with E-state index in [9.17, 15) is 10.2 Å². The first kappa shape index (κ1) is 23.6. The number of aliphatic hydroxyl groups is 2. The molecule has 1 aliphatic heterocycles. The molecule has 0 aromatic carbocycles. The lowest BCUT2D eigenvalue weighted by Crippen LogP contribution is -2.30. The summed E-state index contributed by atoms with van der Waals surface area (Å²) < 4.78 is 11.1. The second kappa shape index (κ2) is 13.7. The lowest BCUT2D eigenvalue weighted by molar-refractivity contribution is -0.150. The van der Waals surface area contributed by atoms with E-state index in [1.165, 1.54) is 57.8 Å². The second-order valence-corrected chi connectivity index (χ2v) is 8.14. The molecule has 0 radical (unpaired) electrons. The maximum Gasteiger partial charge on any atom is 0.163 e. The first-order valence-electron chi connectivity index (χ1n) is 10.8. The molecule has 0 aromatic rings. The van der Waals surface area contributed by atoms with Crippen LogP contribution in [0.3, 0.4) is 0 Å². The highest BCUT2D eigenvalue weighted by molar-refractivity contribution is 4.92. The topological polar surface area (TPSA) is 58.9 Å². The minimum Gasteiger partial charge on any atom is -0.390 e.